The third kappa shape index (κ3) is 3.20. The van der Waals surface area contributed by atoms with Gasteiger partial charge < -0.3 is 10.2 Å². The fraction of sp³-hybridized carbons (Fsp3) is 0.800. The van der Waals surface area contributed by atoms with Crippen LogP contribution < -0.4 is 5.32 Å². The first-order chi connectivity index (χ1) is 10.3. The Morgan fingerprint density at radius 3 is 2.95 bits per heavy atom. The topological polar surface area (TPSA) is 58.1 Å². The van der Waals surface area contributed by atoms with Crippen molar-refractivity contribution in [1.29, 1.82) is 0 Å². The van der Waals surface area contributed by atoms with Crippen molar-refractivity contribution in [3.8, 4) is 0 Å². The number of rotatable bonds is 4. The maximum Gasteiger partial charge on any atom is 0.285 e. The fourth-order valence-electron chi connectivity index (χ4n) is 3.61. The second kappa shape index (κ2) is 6.73. The Balaban J connectivity index is 1.69. The molecule has 0 spiro atoms. The van der Waals surface area contributed by atoms with Crippen molar-refractivity contribution in [2.24, 2.45) is 5.92 Å². The van der Waals surface area contributed by atoms with Crippen LogP contribution in [-0.4, -0.2) is 40.1 Å². The summed E-state index contributed by atoms with van der Waals surface area (Å²) in [4.78, 5) is 14.8. The van der Waals surface area contributed by atoms with Crippen LogP contribution in [0.15, 0.2) is 0 Å². The minimum Gasteiger partial charge on any atom is -0.360 e. The van der Waals surface area contributed by atoms with Crippen LogP contribution in [0.3, 0.4) is 0 Å². The molecule has 3 rings (SSSR count). The maximum absolute atomic E-state index is 12.7. The molecular weight excluding hydrogens is 284 g/mol. The van der Waals surface area contributed by atoms with Crippen LogP contribution in [0.4, 0.5) is 5.13 Å². The molecule has 116 valence electrons. The van der Waals surface area contributed by atoms with Crippen molar-refractivity contribution < 1.29 is 4.79 Å². The molecule has 2 fully saturated rings. The first-order valence-electron chi connectivity index (χ1n) is 8.18. The van der Waals surface area contributed by atoms with Gasteiger partial charge in [-0.2, -0.15) is 0 Å². The molecule has 1 amide bonds. The van der Waals surface area contributed by atoms with E-state index in [2.05, 4.69) is 27.3 Å². The maximum atomic E-state index is 12.7. The number of amides is 1. The zero-order valence-corrected chi connectivity index (χ0v) is 13.5. The Hall–Kier alpha value is -1.17. The summed E-state index contributed by atoms with van der Waals surface area (Å²) in [6, 6.07) is 0.441. The Morgan fingerprint density at radius 2 is 2.10 bits per heavy atom. The van der Waals surface area contributed by atoms with Gasteiger partial charge in [0.05, 0.1) is 0 Å². The van der Waals surface area contributed by atoms with Gasteiger partial charge in [0.15, 0.2) is 0 Å². The number of hydrogen-bond donors (Lipinski definition) is 1. The lowest BCUT2D eigenvalue weighted by Gasteiger charge is -2.43. The van der Waals surface area contributed by atoms with Crippen LogP contribution in [0, 0.1) is 5.92 Å². The van der Waals surface area contributed by atoms with E-state index in [0.29, 0.717) is 17.0 Å². The summed E-state index contributed by atoms with van der Waals surface area (Å²) < 4.78 is 0. The van der Waals surface area contributed by atoms with Crippen molar-refractivity contribution in [2.75, 3.05) is 18.4 Å². The van der Waals surface area contributed by atoms with E-state index in [0.717, 1.165) is 37.5 Å². The van der Waals surface area contributed by atoms with E-state index in [1.165, 1.54) is 37.0 Å². The van der Waals surface area contributed by atoms with Crippen molar-refractivity contribution in [3.05, 3.63) is 5.01 Å². The van der Waals surface area contributed by atoms with Crippen molar-refractivity contribution in [2.45, 2.75) is 57.9 Å². The highest BCUT2D eigenvalue weighted by atomic mass is 32.1. The van der Waals surface area contributed by atoms with E-state index in [1.807, 2.05) is 0 Å². The summed E-state index contributed by atoms with van der Waals surface area (Å²) in [5.74, 6) is 0.802. The number of hydrogen-bond acceptors (Lipinski definition) is 5. The molecule has 1 N–H and O–H groups in total. The molecular formula is C15H24N4OS. The highest BCUT2D eigenvalue weighted by molar-refractivity contribution is 7.17. The molecule has 2 heterocycles. The van der Waals surface area contributed by atoms with Crippen LogP contribution in [0.5, 0.6) is 0 Å². The molecule has 1 saturated carbocycles. The molecule has 1 aromatic rings. The third-order valence-electron chi connectivity index (χ3n) is 4.64. The standard InChI is InChI=1S/C15H24N4OS/c1-2-9-16-15-18-17-13(21-15)14(20)19-10-5-7-11-6-3-4-8-12(11)19/h11-12H,2-10H2,1H3,(H,16,18). The van der Waals surface area contributed by atoms with Crippen LogP contribution in [0.2, 0.25) is 0 Å². The number of carbonyl (C=O) groups is 1. The van der Waals surface area contributed by atoms with Gasteiger partial charge in [-0.1, -0.05) is 31.1 Å². The van der Waals surface area contributed by atoms with Gasteiger partial charge in [-0.25, -0.2) is 0 Å². The Bertz CT molecular complexity index is 488. The fourth-order valence-corrected chi connectivity index (χ4v) is 4.34. The molecule has 2 atom stereocenters. The molecule has 1 saturated heterocycles. The van der Waals surface area contributed by atoms with E-state index in [4.69, 9.17) is 0 Å². The van der Waals surface area contributed by atoms with E-state index < -0.39 is 0 Å². The smallest absolute Gasteiger partial charge is 0.285 e. The molecule has 1 aliphatic carbocycles. The van der Waals surface area contributed by atoms with Crippen molar-refractivity contribution in [1.82, 2.24) is 15.1 Å². The molecule has 0 radical (unpaired) electrons. The highest BCUT2D eigenvalue weighted by Crippen LogP contribution is 2.36. The molecule has 1 aliphatic heterocycles. The normalized spacial score (nSPS) is 25.5. The van der Waals surface area contributed by atoms with Gasteiger partial charge in [-0.05, 0) is 38.0 Å². The van der Waals surface area contributed by atoms with Gasteiger partial charge in [0.25, 0.3) is 5.91 Å². The Morgan fingerprint density at radius 1 is 1.29 bits per heavy atom. The first-order valence-corrected chi connectivity index (χ1v) is 8.99. The molecule has 2 aliphatic rings. The van der Waals surface area contributed by atoms with E-state index in [1.54, 1.807) is 0 Å². The molecule has 1 aromatic heterocycles. The van der Waals surface area contributed by atoms with Gasteiger partial charge in [0.2, 0.25) is 10.1 Å². The van der Waals surface area contributed by atoms with Crippen molar-refractivity contribution in [3.63, 3.8) is 0 Å². The van der Waals surface area contributed by atoms with Crippen LogP contribution >= 0.6 is 11.3 Å². The molecule has 21 heavy (non-hydrogen) atoms. The van der Waals surface area contributed by atoms with Gasteiger partial charge in [0.1, 0.15) is 0 Å². The van der Waals surface area contributed by atoms with Gasteiger partial charge in [-0.3, -0.25) is 4.79 Å². The second-order valence-electron chi connectivity index (χ2n) is 6.09. The van der Waals surface area contributed by atoms with E-state index in [-0.39, 0.29) is 5.91 Å². The molecule has 0 aromatic carbocycles. The average Bonchev–Trinajstić information content (AvgIpc) is 3.00. The highest BCUT2D eigenvalue weighted by Gasteiger charge is 2.36. The summed E-state index contributed by atoms with van der Waals surface area (Å²) in [6.45, 7) is 3.87. The summed E-state index contributed by atoms with van der Waals surface area (Å²) in [7, 11) is 0. The SMILES string of the molecule is CCCNc1nnc(C(=O)N2CCCC3CCCCC32)s1. The number of likely N-dealkylation sites (tertiary alicyclic amines) is 1. The van der Waals surface area contributed by atoms with Gasteiger partial charge >= 0.3 is 0 Å². The molecule has 6 heteroatoms. The summed E-state index contributed by atoms with van der Waals surface area (Å²) >= 11 is 1.39. The predicted octanol–water partition coefficient (Wildman–Crippen LogP) is 3.15. The van der Waals surface area contributed by atoms with E-state index in [9.17, 15) is 4.79 Å². The number of anilines is 1. The number of aromatic nitrogens is 2. The van der Waals surface area contributed by atoms with Crippen molar-refractivity contribution >= 4 is 22.4 Å². The largest absolute Gasteiger partial charge is 0.360 e. The molecule has 2 unspecified atom stereocenters. The Labute approximate surface area is 130 Å². The minimum absolute atomic E-state index is 0.0913. The first kappa shape index (κ1) is 14.8. The lowest BCUT2D eigenvalue weighted by Crippen LogP contribution is -2.49. The number of carbonyl (C=O) groups excluding carboxylic acids is 1. The quantitative estimate of drug-likeness (QED) is 0.928. The lowest BCUT2D eigenvalue weighted by molar-refractivity contribution is 0.0389. The number of nitrogens with zero attached hydrogens (tertiary/aromatic N) is 3. The second-order valence-corrected chi connectivity index (χ2v) is 7.07. The van der Waals surface area contributed by atoms with Crippen LogP contribution in [-0.2, 0) is 0 Å². The van der Waals surface area contributed by atoms with Gasteiger partial charge in [0, 0.05) is 19.1 Å². The predicted molar refractivity (Wildman–Crippen MR) is 84.7 cm³/mol. The molecule has 5 nitrogen and oxygen atoms in total. The lowest BCUT2D eigenvalue weighted by atomic mass is 9.78. The number of fused-ring (bicyclic) bond motifs is 1. The molecule has 0 bridgehead atoms. The minimum atomic E-state index is 0.0913. The van der Waals surface area contributed by atoms with E-state index >= 15 is 0 Å². The zero-order valence-electron chi connectivity index (χ0n) is 12.7. The Kier molecular flexibility index (Phi) is 4.73. The zero-order chi connectivity index (χ0) is 14.7. The third-order valence-corrected chi connectivity index (χ3v) is 5.51. The summed E-state index contributed by atoms with van der Waals surface area (Å²) in [6.07, 6.45) is 8.49. The summed E-state index contributed by atoms with van der Waals surface area (Å²) in [5, 5.41) is 12.7. The van der Waals surface area contributed by atoms with Crippen LogP contribution in [0.25, 0.3) is 0 Å². The van der Waals surface area contributed by atoms with Gasteiger partial charge in [-0.15, -0.1) is 10.2 Å². The van der Waals surface area contributed by atoms with Crippen LogP contribution in [0.1, 0.15) is 61.7 Å². The number of nitrogens with one attached hydrogen (secondary N) is 1. The monoisotopic (exact) mass is 308 g/mol. The average molecular weight is 308 g/mol. The number of piperidine rings is 1. The summed E-state index contributed by atoms with van der Waals surface area (Å²) in [5.41, 5.74) is 0.